The van der Waals surface area contributed by atoms with E-state index in [4.69, 9.17) is 4.52 Å². The van der Waals surface area contributed by atoms with Gasteiger partial charge in [0, 0.05) is 19.5 Å². The second-order valence-corrected chi connectivity index (χ2v) is 3.88. The van der Waals surface area contributed by atoms with E-state index in [1.54, 1.807) is 0 Å². The molecule has 0 spiro atoms. The molecule has 2 N–H and O–H groups in total. The third-order valence-electron chi connectivity index (χ3n) is 2.67. The Morgan fingerprint density at radius 3 is 3.31 bits per heavy atom. The van der Waals surface area contributed by atoms with Crippen LogP contribution in [0.25, 0.3) is 0 Å². The van der Waals surface area contributed by atoms with Crippen molar-refractivity contribution in [3.05, 3.63) is 12.2 Å². The number of rotatable bonds is 4. The van der Waals surface area contributed by atoms with Crippen LogP contribution in [0.15, 0.2) is 10.9 Å². The quantitative estimate of drug-likeness (QED) is 0.744. The molecule has 1 amide bonds. The molecular weight excluding hydrogens is 208 g/mol. The van der Waals surface area contributed by atoms with Gasteiger partial charge in [0.2, 0.25) is 11.8 Å². The molecule has 2 rings (SSSR count). The van der Waals surface area contributed by atoms with Gasteiger partial charge >= 0.3 is 0 Å². The maximum absolute atomic E-state index is 11.6. The van der Waals surface area contributed by atoms with Crippen LogP contribution in [0.5, 0.6) is 0 Å². The lowest BCUT2D eigenvalue weighted by molar-refractivity contribution is -0.122. The van der Waals surface area contributed by atoms with Crippen LogP contribution in [-0.4, -0.2) is 35.2 Å². The molecule has 1 aliphatic heterocycles. The molecule has 1 atom stereocenters. The summed E-state index contributed by atoms with van der Waals surface area (Å²) in [4.78, 5) is 15.5. The molecule has 6 heteroatoms. The van der Waals surface area contributed by atoms with Gasteiger partial charge in [-0.25, -0.2) is 0 Å². The zero-order valence-electron chi connectivity index (χ0n) is 9.11. The first kappa shape index (κ1) is 11.1. The van der Waals surface area contributed by atoms with Crippen molar-refractivity contribution in [1.82, 2.24) is 20.8 Å². The number of aromatic nitrogens is 2. The third-order valence-corrected chi connectivity index (χ3v) is 2.67. The van der Waals surface area contributed by atoms with Gasteiger partial charge in [-0.3, -0.25) is 4.79 Å². The van der Waals surface area contributed by atoms with Crippen LogP contribution in [-0.2, 0) is 11.2 Å². The van der Waals surface area contributed by atoms with Crippen LogP contribution in [0.4, 0.5) is 0 Å². The van der Waals surface area contributed by atoms with E-state index in [-0.39, 0.29) is 11.9 Å². The minimum atomic E-state index is -0.0783. The summed E-state index contributed by atoms with van der Waals surface area (Å²) in [7, 11) is 0. The molecule has 88 valence electrons. The smallest absolute Gasteiger partial charge is 0.237 e. The minimum Gasteiger partial charge on any atom is -0.355 e. The van der Waals surface area contributed by atoms with Gasteiger partial charge in [-0.2, -0.15) is 4.98 Å². The van der Waals surface area contributed by atoms with E-state index in [9.17, 15) is 4.79 Å². The molecule has 16 heavy (non-hydrogen) atoms. The highest BCUT2D eigenvalue weighted by atomic mass is 16.5. The largest absolute Gasteiger partial charge is 0.355 e. The monoisotopic (exact) mass is 224 g/mol. The first-order valence-electron chi connectivity index (χ1n) is 5.63. The summed E-state index contributed by atoms with van der Waals surface area (Å²) in [6.07, 6.45) is 5.08. The predicted molar refractivity (Wildman–Crippen MR) is 56.7 cm³/mol. The lowest BCUT2D eigenvalue weighted by atomic mass is 10.1. The molecular formula is C10H16N4O2. The Labute approximate surface area is 93.8 Å². The number of carbonyl (C=O) groups is 1. The fourth-order valence-corrected chi connectivity index (χ4v) is 1.79. The first-order chi connectivity index (χ1) is 7.86. The molecule has 1 saturated heterocycles. The summed E-state index contributed by atoms with van der Waals surface area (Å²) < 4.78 is 4.87. The van der Waals surface area contributed by atoms with Gasteiger partial charge in [-0.1, -0.05) is 5.16 Å². The maximum atomic E-state index is 11.6. The van der Waals surface area contributed by atoms with Crippen molar-refractivity contribution >= 4 is 5.91 Å². The third kappa shape index (κ3) is 3.03. The first-order valence-corrected chi connectivity index (χ1v) is 5.63. The average molecular weight is 224 g/mol. The van der Waals surface area contributed by atoms with Crippen LogP contribution < -0.4 is 10.6 Å². The molecule has 1 fully saturated rings. The molecule has 0 aromatic carbocycles. The SMILES string of the molecule is O=C1NCCCCC1NCCc1ncno1. The molecule has 6 nitrogen and oxygen atoms in total. The summed E-state index contributed by atoms with van der Waals surface area (Å²) in [6, 6.07) is -0.0783. The Morgan fingerprint density at radius 2 is 2.50 bits per heavy atom. The molecule has 1 aromatic heterocycles. The highest BCUT2D eigenvalue weighted by molar-refractivity contribution is 5.81. The van der Waals surface area contributed by atoms with Crippen LogP contribution in [0.3, 0.4) is 0 Å². The van der Waals surface area contributed by atoms with Gasteiger partial charge in [-0.15, -0.1) is 0 Å². The zero-order valence-corrected chi connectivity index (χ0v) is 9.11. The Balaban J connectivity index is 1.73. The number of amides is 1. The Bertz CT molecular complexity index is 326. The second kappa shape index (κ2) is 5.60. The van der Waals surface area contributed by atoms with Gasteiger partial charge in [0.15, 0.2) is 6.33 Å². The van der Waals surface area contributed by atoms with Crippen LogP contribution in [0.1, 0.15) is 25.2 Å². The molecule has 0 radical (unpaired) electrons. The van der Waals surface area contributed by atoms with E-state index in [0.29, 0.717) is 18.9 Å². The van der Waals surface area contributed by atoms with E-state index in [2.05, 4.69) is 20.8 Å². The van der Waals surface area contributed by atoms with E-state index >= 15 is 0 Å². The zero-order chi connectivity index (χ0) is 11.2. The maximum Gasteiger partial charge on any atom is 0.237 e. The van der Waals surface area contributed by atoms with Crippen LogP contribution >= 0.6 is 0 Å². The number of carbonyl (C=O) groups excluding carboxylic acids is 1. The summed E-state index contributed by atoms with van der Waals surface area (Å²) in [5.41, 5.74) is 0. The Kier molecular flexibility index (Phi) is 3.87. The van der Waals surface area contributed by atoms with E-state index in [0.717, 1.165) is 25.8 Å². The van der Waals surface area contributed by atoms with Crippen molar-refractivity contribution in [2.45, 2.75) is 31.7 Å². The molecule has 0 bridgehead atoms. The van der Waals surface area contributed by atoms with Crippen LogP contribution in [0, 0.1) is 0 Å². The van der Waals surface area contributed by atoms with Crippen LogP contribution in [0.2, 0.25) is 0 Å². The lowest BCUT2D eigenvalue weighted by Gasteiger charge is -2.13. The molecule has 0 aliphatic carbocycles. The topological polar surface area (TPSA) is 80.0 Å². The Morgan fingerprint density at radius 1 is 1.56 bits per heavy atom. The molecule has 1 aliphatic rings. The number of hydrogen-bond donors (Lipinski definition) is 2. The van der Waals surface area contributed by atoms with Crippen molar-refractivity contribution in [2.24, 2.45) is 0 Å². The summed E-state index contributed by atoms with van der Waals surface area (Å²) in [5, 5.41) is 9.62. The summed E-state index contributed by atoms with van der Waals surface area (Å²) >= 11 is 0. The van der Waals surface area contributed by atoms with Gasteiger partial charge in [0.05, 0.1) is 6.04 Å². The lowest BCUT2D eigenvalue weighted by Crippen LogP contribution is -2.43. The van der Waals surface area contributed by atoms with Gasteiger partial charge in [-0.05, 0) is 19.3 Å². The van der Waals surface area contributed by atoms with Crippen molar-refractivity contribution in [1.29, 1.82) is 0 Å². The highest BCUT2D eigenvalue weighted by Crippen LogP contribution is 2.05. The van der Waals surface area contributed by atoms with E-state index < -0.39 is 0 Å². The van der Waals surface area contributed by atoms with Crippen molar-refractivity contribution < 1.29 is 9.32 Å². The van der Waals surface area contributed by atoms with E-state index in [1.807, 2.05) is 0 Å². The molecule has 2 heterocycles. The number of nitrogens with one attached hydrogen (secondary N) is 2. The molecule has 0 saturated carbocycles. The van der Waals surface area contributed by atoms with Crippen molar-refractivity contribution in [3.8, 4) is 0 Å². The minimum absolute atomic E-state index is 0.0783. The highest BCUT2D eigenvalue weighted by Gasteiger charge is 2.19. The fourth-order valence-electron chi connectivity index (χ4n) is 1.79. The number of nitrogens with zero attached hydrogens (tertiary/aromatic N) is 2. The second-order valence-electron chi connectivity index (χ2n) is 3.88. The summed E-state index contributed by atoms with van der Waals surface area (Å²) in [6.45, 7) is 1.47. The van der Waals surface area contributed by atoms with Crippen molar-refractivity contribution in [3.63, 3.8) is 0 Å². The van der Waals surface area contributed by atoms with E-state index in [1.165, 1.54) is 6.33 Å². The van der Waals surface area contributed by atoms with Crippen molar-refractivity contribution in [2.75, 3.05) is 13.1 Å². The standard InChI is InChI=1S/C10H16N4O2/c15-10-8(3-1-2-5-12-10)11-6-4-9-13-7-14-16-9/h7-8,11H,1-6H2,(H,12,15). The average Bonchev–Trinajstić information content (AvgIpc) is 2.71. The van der Waals surface area contributed by atoms with Gasteiger partial charge < -0.3 is 15.2 Å². The normalized spacial score (nSPS) is 21.5. The fraction of sp³-hybridized carbons (Fsp3) is 0.700. The summed E-state index contributed by atoms with van der Waals surface area (Å²) in [5.74, 6) is 0.699. The molecule has 1 aromatic rings. The van der Waals surface area contributed by atoms with Gasteiger partial charge in [0.1, 0.15) is 0 Å². The van der Waals surface area contributed by atoms with Gasteiger partial charge in [0.25, 0.3) is 0 Å². The Hall–Kier alpha value is -1.43. The molecule has 1 unspecified atom stereocenters. The number of hydrogen-bond acceptors (Lipinski definition) is 5. The predicted octanol–water partition coefficient (Wildman–Crippen LogP) is -0.130.